The van der Waals surface area contributed by atoms with E-state index >= 15 is 0 Å². The van der Waals surface area contributed by atoms with E-state index in [2.05, 4.69) is 220 Å². The Bertz CT molecular complexity index is 3740. The van der Waals surface area contributed by atoms with Crippen molar-refractivity contribution in [2.24, 2.45) is 0 Å². The summed E-state index contributed by atoms with van der Waals surface area (Å²) in [5.41, 5.74) is 12.7. The number of aryl methyl sites for hydroxylation is 2. The third-order valence-electron chi connectivity index (χ3n) is 14.4. The van der Waals surface area contributed by atoms with Crippen molar-refractivity contribution >= 4 is 131 Å². The normalized spacial score (nSPS) is 14.8. The van der Waals surface area contributed by atoms with Gasteiger partial charge in [0.1, 0.15) is 8.07 Å². The Morgan fingerprint density at radius 1 is 0.431 bits per heavy atom. The summed E-state index contributed by atoms with van der Waals surface area (Å²) in [6, 6.07) is 65.5. The number of nitrogens with zero attached hydrogens (tertiary/aromatic N) is 2. The van der Waals surface area contributed by atoms with Crippen LogP contribution >= 0.6 is 22.7 Å². The van der Waals surface area contributed by atoms with Gasteiger partial charge in [-0.2, -0.15) is 0 Å². The fraction of sp³-hybridized carbons (Fsp3) is 0.119. The van der Waals surface area contributed by atoms with E-state index in [4.69, 9.17) is 0 Å². The van der Waals surface area contributed by atoms with Gasteiger partial charge in [-0.25, -0.2) is 0 Å². The summed E-state index contributed by atoms with van der Waals surface area (Å²) in [7, 11) is -1.94. The minimum absolute atomic E-state index is 0.177. The molecule has 2 nitrogen and oxygen atoms in total. The number of hydrogen-bond acceptors (Lipinski definition) is 4. The predicted octanol–water partition coefficient (Wildman–Crippen LogP) is 16.1. The van der Waals surface area contributed by atoms with Crippen molar-refractivity contribution in [1.29, 1.82) is 0 Å². The zero-order chi connectivity index (χ0) is 43.9. The van der Waals surface area contributed by atoms with E-state index in [1.165, 1.54) is 127 Å². The van der Waals surface area contributed by atoms with Gasteiger partial charge in [0.2, 0.25) is 0 Å². The Balaban J connectivity index is 1.10. The van der Waals surface area contributed by atoms with Crippen molar-refractivity contribution in [3.05, 3.63) is 191 Å². The van der Waals surface area contributed by atoms with Crippen molar-refractivity contribution in [1.82, 2.24) is 0 Å². The number of anilines is 6. The van der Waals surface area contributed by atoms with Crippen molar-refractivity contribution in [3.8, 4) is 20.9 Å². The average molecular weight is 954 g/mol. The fourth-order valence-electron chi connectivity index (χ4n) is 11.3. The summed E-state index contributed by atoms with van der Waals surface area (Å²) in [4.78, 5) is 10.4. The zero-order valence-corrected chi connectivity index (χ0v) is 41.6. The van der Waals surface area contributed by atoms with E-state index in [0.29, 0.717) is 0 Å². The molecule has 8 aromatic carbocycles. The van der Waals surface area contributed by atoms with Crippen LogP contribution in [0.5, 0.6) is 0 Å². The molecule has 0 amide bonds. The molecule has 0 spiro atoms. The second kappa shape index (κ2) is 14.3. The van der Waals surface area contributed by atoms with E-state index in [1.807, 2.05) is 22.7 Å². The van der Waals surface area contributed by atoms with Gasteiger partial charge >= 0.3 is 295 Å². The van der Waals surface area contributed by atoms with Crippen LogP contribution in [0.1, 0.15) is 34.7 Å². The van der Waals surface area contributed by atoms with Crippen LogP contribution in [-0.4, -0.2) is 22.6 Å². The minimum atomic E-state index is -1.94. The van der Waals surface area contributed by atoms with E-state index in [1.54, 1.807) is 0 Å². The molecule has 0 saturated heterocycles. The topological polar surface area (TPSA) is 6.48 Å². The molecule has 0 unspecified atom stereocenters. The third kappa shape index (κ3) is 5.74. The molecule has 65 heavy (non-hydrogen) atoms. The summed E-state index contributed by atoms with van der Waals surface area (Å²) in [6.45, 7) is 14.3. The molecular formula is C59H46N2S2SeSi. The Morgan fingerprint density at radius 3 is 1.54 bits per heavy atom. The number of rotatable bonds is 4. The second-order valence-corrected chi connectivity index (χ2v) is 28.1. The van der Waals surface area contributed by atoms with Gasteiger partial charge in [0.25, 0.3) is 0 Å². The molecule has 2 aliphatic rings. The molecule has 13 rings (SSSR count). The van der Waals surface area contributed by atoms with Crippen molar-refractivity contribution in [2.75, 3.05) is 9.80 Å². The molecule has 3 aromatic heterocycles. The van der Waals surface area contributed by atoms with Gasteiger partial charge in [0.05, 0.1) is 0 Å². The van der Waals surface area contributed by atoms with Crippen LogP contribution in [0.3, 0.4) is 0 Å². The fourth-order valence-corrected chi connectivity index (χ4v) is 18.5. The van der Waals surface area contributed by atoms with Gasteiger partial charge in [-0.1, -0.05) is 49.5 Å². The Hall–Kier alpha value is -5.98. The van der Waals surface area contributed by atoms with Crippen LogP contribution in [0, 0.1) is 13.8 Å². The molecular weight excluding hydrogens is 908 g/mol. The molecule has 11 aromatic rings. The molecule has 0 saturated carbocycles. The molecule has 314 valence electrons. The first kappa shape index (κ1) is 39.4. The Kier molecular flexibility index (Phi) is 8.64. The molecule has 2 aliphatic heterocycles. The first-order chi connectivity index (χ1) is 31.6. The monoisotopic (exact) mass is 954 g/mol. The summed E-state index contributed by atoms with van der Waals surface area (Å²) in [5.74, 6) is 0. The standard InChI is InChI=1S/C59H46N2S2SeSi/c1-35-23-29-51(62-35)57-41-28-26-38(61-48-18-10-13-21-55(48)65(5,6)56-22-14-11-19-49(56)61)32-44(41)58(52-30-24-36(2)63-52)40-27-25-37(31-43(40)57)60-47-17-9-8-16-45(47)59(3,4)46-33-42-39-15-7-12-20-53(39)64-54(42)34-50(46)60/h7-34H,1-6H3. The van der Waals surface area contributed by atoms with Gasteiger partial charge in [0, 0.05) is 11.4 Å². The van der Waals surface area contributed by atoms with Gasteiger partial charge in [-0.3, -0.25) is 0 Å². The number of thiophene rings is 2. The van der Waals surface area contributed by atoms with Crippen LogP contribution in [0.2, 0.25) is 13.1 Å². The van der Waals surface area contributed by atoms with Crippen molar-refractivity contribution in [3.63, 3.8) is 0 Å². The summed E-state index contributed by atoms with van der Waals surface area (Å²) >= 11 is 4.05. The first-order valence-corrected chi connectivity index (χ1v) is 28.9. The maximum absolute atomic E-state index is 2.58. The zero-order valence-electron chi connectivity index (χ0n) is 37.3. The second-order valence-electron chi connectivity index (χ2n) is 19.0. The number of hydrogen-bond donors (Lipinski definition) is 0. The molecule has 0 fully saturated rings. The molecule has 6 heteroatoms. The predicted molar refractivity (Wildman–Crippen MR) is 288 cm³/mol. The number of fused-ring (bicyclic) bond motifs is 9. The van der Waals surface area contributed by atoms with Crippen molar-refractivity contribution in [2.45, 2.75) is 46.2 Å². The van der Waals surface area contributed by atoms with E-state index in [0.717, 1.165) is 0 Å². The molecule has 0 N–H and O–H groups in total. The molecule has 0 bridgehead atoms. The van der Waals surface area contributed by atoms with Gasteiger partial charge in [-0.15, -0.1) is 0 Å². The van der Waals surface area contributed by atoms with E-state index < -0.39 is 8.07 Å². The first-order valence-electron chi connectivity index (χ1n) is 22.6. The van der Waals surface area contributed by atoms with Crippen LogP contribution in [-0.2, 0) is 5.41 Å². The van der Waals surface area contributed by atoms with Crippen LogP contribution in [0.25, 0.3) is 61.7 Å². The molecule has 5 heterocycles. The van der Waals surface area contributed by atoms with Crippen molar-refractivity contribution < 1.29 is 0 Å². The van der Waals surface area contributed by atoms with Crippen LogP contribution < -0.4 is 20.2 Å². The molecule has 0 radical (unpaired) electrons. The quantitative estimate of drug-likeness (QED) is 0.128. The number of para-hydroxylation sites is 3. The maximum atomic E-state index is 2.58. The van der Waals surface area contributed by atoms with E-state index in [-0.39, 0.29) is 19.9 Å². The summed E-state index contributed by atoms with van der Waals surface area (Å²) in [5, 5.41) is 10.9. The summed E-state index contributed by atoms with van der Waals surface area (Å²) < 4.78 is 2.95. The SMILES string of the molecule is Cc1ccc(-c2c3ccc(N4c5ccccc5[Si](C)(C)c5ccccc54)cc3c(-c3ccc(C)s3)c3ccc(N4c5ccccc5C(C)(C)c5cc6c(cc54)[se]c4ccccc46)cc23)s1. The Morgan fingerprint density at radius 2 is 0.954 bits per heavy atom. The van der Waals surface area contributed by atoms with Gasteiger partial charge < -0.3 is 4.90 Å². The van der Waals surface area contributed by atoms with Gasteiger partial charge in [0.15, 0.2) is 0 Å². The third-order valence-corrected chi connectivity index (χ3v) is 22.4. The average Bonchev–Trinajstić information content (AvgIpc) is 4.05. The summed E-state index contributed by atoms with van der Waals surface area (Å²) in [6.07, 6.45) is 0. The van der Waals surface area contributed by atoms with Crippen LogP contribution in [0.4, 0.5) is 34.1 Å². The van der Waals surface area contributed by atoms with Crippen LogP contribution in [0.15, 0.2) is 170 Å². The number of benzene rings is 8. The van der Waals surface area contributed by atoms with E-state index in [9.17, 15) is 0 Å². The molecule has 0 aliphatic carbocycles. The Labute approximate surface area is 395 Å². The van der Waals surface area contributed by atoms with Gasteiger partial charge in [-0.05, 0) is 29.4 Å². The molecule has 0 atom stereocenters.